The van der Waals surface area contributed by atoms with Gasteiger partial charge >= 0.3 is 21.7 Å². The molecule has 0 amide bonds. The molecule has 0 heterocycles. The number of aryl methyl sites for hydroxylation is 1. The summed E-state index contributed by atoms with van der Waals surface area (Å²) in [6, 6.07) is 40.9. The van der Waals surface area contributed by atoms with E-state index >= 15 is 0 Å². The molecule has 0 unspecified atom stereocenters. The van der Waals surface area contributed by atoms with Gasteiger partial charge in [-0.1, -0.05) is 131 Å². The van der Waals surface area contributed by atoms with Crippen molar-refractivity contribution in [3.8, 4) is 11.1 Å². The molecule has 0 bridgehead atoms. The molecule has 0 saturated heterocycles. The van der Waals surface area contributed by atoms with Crippen LogP contribution in [0.2, 0.25) is 6.55 Å². The fourth-order valence-corrected chi connectivity index (χ4v) is 4.65. The second kappa shape index (κ2) is 20.7. The van der Waals surface area contributed by atoms with Gasteiger partial charge in [-0.15, -0.1) is 57.4 Å². The van der Waals surface area contributed by atoms with Crippen molar-refractivity contribution in [1.29, 1.82) is 0 Å². The first-order chi connectivity index (χ1) is 18.2. The van der Waals surface area contributed by atoms with E-state index in [2.05, 4.69) is 146 Å². The molecule has 0 nitrogen and oxygen atoms in total. The summed E-state index contributed by atoms with van der Waals surface area (Å²) >= 11 is 0. The summed E-state index contributed by atoms with van der Waals surface area (Å²) in [5, 5.41) is 8.05. The van der Waals surface area contributed by atoms with Crippen LogP contribution in [-0.2, 0) is 21.7 Å². The molecule has 6 rings (SSSR count). The zero-order valence-corrected chi connectivity index (χ0v) is 28.1. The number of hydrogen-bond acceptors (Lipinski definition) is 0. The van der Waals surface area contributed by atoms with Gasteiger partial charge in [-0.05, 0) is 10.9 Å². The third-order valence-corrected chi connectivity index (χ3v) is 6.48. The van der Waals surface area contributed by atoms with Gasteiger partial charge in [-0.2, -0.15) is 18.2 Å². The molecule has 205 valence electrons. The first kappa shape index (κ1) is 37.9. The second-order valence-corrected chi connectivity index (χ2v) is 9.23. The Balaban J connectivity index is 0.000000577. The van der Waals surface area contributed by atoms with Gasteiger partial charge < -0.3 is 24.8 Å². The van der Waals surface area contributed by atoms with E-state index in [4.69, 9.17) is 0 Å². The average Bonchev–Trinajstić information content (AvgIpc) is 3.60. The van der Waals surface area contributed by atoms with Crippen LogP contribution >= 0.6 is 0 Å². The van der Waals surface area contributed by atoms with Crippen molar-refractivity contribution in [3.05, 3.63) is 121 Å². The van der Waals surface area contributed by atoms with Crippen LogP contribution in [0, 0.1) is 6.92 Å². The molecule has 6 aromatic carbocycles. The molecule has 0 N–H and O–H groups in total. The number of unbranched alkanes of at least 4 members (excludes halogenated alkanes) is 3. The number of hydrogen-bond donors (Lipinski definition) is 0. The molecule has 6 aromatic rings. The van der Waals surface area contributed by atoms with Gasteiger partial charge in [0, 0.05) is 10.2 Å². The summed E-state index contributed by atoms with van der Waals surface area (Å²) in [5.74, 6) is 0. The zero-order valence-electron chi connectivity index (χ0n) is 24.1. The van der Waals surface area contributed by atoms with Crippen LogP contribution in [0.4, 0.5) is 0 Å². The Morgan fingerprint density at radius 2 is 1.27 bits per heavy atom. The van der Waals surface area contributed by atoms with Crippen molar-refractivity contribution in [3.63, 3.8) is 0 Å². The van der Waals surface area contributed by atoms with E-state index in [1.807, 2.05) is 0 Å². The molecule has 0 saturated carbocycles. The SMILES string of the molecule is CCCCCC.C[Si].Cc1cc2c(-c3ccccc3)cccc2[cH-]1.[Cl-].[Cl-].[Ti+4].c1ccc2c(c1)ccc1[cH-]ccc12. The fourth-order valence-electron chi connectivity index (χ4n) is 4.65. The summed E-state index contributed by atoms with van der Waals surface area (Å²) in [5.41, 5.74) is 3.95. The maximum absolute atomic E-state index is 2.97. The Morgan fingerprint density at radius 1 is 0.625 bits per heavy atom. The van der Waals surface area contributed by atoms with E-state index in [0.717, 1.165) is 0 Å². The molecule has 40 heavy (non-hydrogen) atoms. The maximum Gasteiger partial charge on any atom is 4.00 e. The first-order valence-electron chi connectivity index (χ1n) is 13.5. The van der Waals surface area contributed by atoms with Gasteiger partial charge in [0.1, 0.15) is 0 Å². The van der Waals surface area contributed by atoms with E-state index in [1.54, 1.807) is 6.55 Å². The van der Waals surface area contributed by atoms with Crippen LogP contribution < -0.4 is 24.8 Å². The predicted octanol–water partition coefficient (Wildman–Crippen LogP) is 5.04. The van der Waals surface area contributed by atoms with Gasteiger partial charge in [0.15, 0.2) is 0 Å². The van der Waals surface area contributed by atoms with Crippen LogP contribution in [0.3, 0.4) is 0 Å². The normalized spacial score (nSPS) is 9.43. The molecular weight excluding hydrogens is 579 g/mol. The van der Waals surface area contributed by atoms with E-state index < -0.39 is 0 Å². The third-order valence-electron chi connectivity index (χ3n) is 6.48. The van der Waals surface area contributed by atoms with E-state index in [9.17, 15) is 0 Å². The van der Waals surface area contributed by atoms with Crippen LogP contribution in [0.5, 0.6) is 0 Å². The van der Waals surface area contributed by atoms with Crippen molar-refractivity contribution in [2.45, 2.75) is 53.0 Å². The van der Waals surface area contributed by atoms with Crippen molar-refractivity contribution in [2.24, 2.45) is 0 Å². The fraction of sp³-hybridized carbons (Fsp3) is 0.222. The van der Waals surface area contributed by atoms with E-state index in [0.29, 0.717) is 0 Å². The maximum atomic E-state index is 2.97. The quantitative estimate of drug-likeness (QED) is 0.148. The standard InChI is InChI=1S/C16H13.C13H9.C6H14.CH3Si.2ClH.Ti/c1-12-10-14-8-5-9-15(16(14)11-12)13-6-3-2-4-7-13;1-2-6-12-10(4-1)8-9-11-5-3-7-13(11)12;1-3-5-6-4-2;1-2;;;/h2-11H,1H3;1-9H;3-6H2,1-2H3;1H3;2*1H;/q2*-1;;;;;+4/p-2. The molecule has 0 aromatic heterocycles. The monoisotopic (exact) mass is 617 g/mol. The Kier molecular flexibility index (Phi) is 19.6. The van der Waals surface area contributed by atoms with Gasteiger partial charge in [-0.3, -0.25) is 0 Å². The molecule has 0 aliphatic rings. The molecular formula is C36H39Cl2SiTi. The van der Waals surface area contributed by atoms with Crippen LogP contribution in [0.1, 0.15) is 45.1 Å². The predicted molar refractivity (Wildman–Crippen MR) is 168 cm³/mol. The average molecular weight is 619 g/mol. The van der Waals surface area contributed by atoms with Gasteiger partial charge in [-0.25, -0.2) is 0 Å². The van der Waals surface area contributed by atoms with Gasteiger partial charge in [0.25, 0.3) is 0 Å². The minimum atomic E-state index is 0. The zero-order chi connectivity index (χ0) is 26.5. The van der Waals surface area contributed by atoms with Crippen LogP contribution in [-0.4, -0.2) is 10.2 Å². The topological polar surface area (TPSA) is 0 Å². The molecule has 0 spiro atoms. The second-order valence-electron chi connectivity index (χ2n) is 9.23. The summed E-state index contributed by atoms with van der Waals surface area (Å²) in [4.78, 5) is 0. The third kappa shape index (κ3) is 10.4. The van der Waals surface area contributed by atoms with Crippen LogP contribution in [0.15, 0.2) is 115 Å². The summed E-state index contributed by atoms with van der Waals surface area (Å²) in [6.07, 6.45) is 5.54. The number of rotatable bonds is 4. The van der Waals surface area contributed by atoms with Crippen LogP contribution in [0.25, 0.3) is 43.4 Å². The molecule has 0 aliphatic heterocycles. The summed E-state index contributed by atoms with van der Waals surface area (Å²) < 4.78 is 0. The first-order valence-corrected chi connectivity index (χ1v) is 14.5. The Hall–Kier alpha value is -2.13. The summed E-state index contributed by atoms with van der Waals surface area (Å²) in [6.45, 7) is 8.42. The largest absolute Gasteiger partial charge is 4.00 e. The Morgan fingerprint density at radius 3 is 1.95 bits per heavy atom. The smallest absolute Gasteiger partial charge is 1.00 e. The molecule has 0 atom stereocenters. The number of fused-ring (bicyclic) bond motifs is 4. The summed E-state index contributed by atoms with van der Waals surface area (Å²) in [7, 11) is 2.97. The minimum Gasteiger partial charge on any atom is -1.00 e. The minimum absolute atomic E-state index is 0. The molecule has 0 aliphatic carbocycles. The molecule has 0 fully saturated rings. The van der Waals surface area contributed by atoms with Crippen molar-refractivity contribution in [1.82, 2.24) is 0 Å². The molecule has 3 radical (unpaired) electrons. The molecule has 4 heteroatoms. The van der Waals surface area contributed by atoms with E-state index in [1.165, 1.54) is 74.7 Å². The van der Waals surface area contributed by atoms with E-state index in [-0.39, 0.29) is 46.5 Å². The van der Waals surface area contributed by atoms with Crippen molar-refractivity contribution < 1.29 is 46.5 Å². The van der Waals surface area contributed by atoms with Gasteiger partial charge in [0.2, 0.25) is 0 Å². The van der Waals surface area contributed by atoms with Crippen molar-refractivity contribution >= 4 is 42.6 Å². The number of benzene rings is 4. The Bertz CT molecular complexity index is 1480. The Labute approximate surface area is 272 Å². The number of halogens is 2. The van der Waals surface area contributed by atoms with Crippen molar-refractivity contribution in [2.75, 3.05) is 0 Å². The van der Waals surface area contributed by atoms with Gasteiger partial charge in [0.05, 0.1) is 0 Å².